The van der Waals surface area contributed by atoms with Gasteiger partial charge in [-0.3, -0.25) is 0 Å². The largest absolute Gasteiger partial charge is 0.330 e. The maximum absolute atomic E-state index is 7.08. The zero-order valence-corrected chi connectivity index (χ0v) is 15.0. The quantitative estimate of drug-likeness (QED) is 0.746. The van der Waals surface area contributed by atoms with Crippen molar-refractivity contribution in [2.45, 2.75) is 43.4 Å². The predicted octanol–water partition coefficient (Wildman–Crippen LogP) is 5.25. The highest BCUT2D eigenvalue weighted by Gasteiger charge is 2.47. The van der Waals surface area contributed by atoms with Crippen molar-refractivity contribution < 1.29 is 0 Å². The van der Waals surface area contributed by atoms with Gasteiger partial charge in [0.15, 0.2) is 0 Å². The summed E-state index contributed by atoms with van der Waals surface area (Å²) in [5, 5.41) is -0.259. The molecule has 1 aromatic carbocycles. The minimum Gasteiger partial charge on any atom is -0.330 e. The summed E-state index contributed by atoms with van der Waals surface area (Å²) in [6.07, 6.45) is 7.04. The Morgan fingerprint density at radius 1 is 1.23 bits per heavy atom. The third-order valence-electron chi connectivity index (χ3n) is 4.21. The number of hydrogen-bond acceptors (Lipinski definition) is 1. The molecule has 0 spiro atoms. The fraction of sp³-hybridized carbons (Fsp3) is 0.474. The summed E-state index contributed by atoms with van der Waals surface area (Å²) in [4.78, 5) is -0.640. The van der Waals surface area contributed by atoms with Crippen molar-refractivity contribution in [3.8, 4) is 0 Å². The highest BCUT2D eigenvalue weighted by molar-refractivity contribution is 6.35. The number of rotatable bonds is 4. The predicted molar refractivity (Wildman–Crippen MR) is 97.8 cm³/mol. The molecule has 0 radical (unpaired) electrons. The molecule has 3 unspecified atom stereocenters. The summed E-state index contributed by atoms with van der Waals surface area (Å²) in [6, 6.07) is 10.4. The van der Waals surface area contributed by atoms with Crippen LogP contribution < -0.4 is 5.73 Å². The molecule has 120 valence electrons. The van der Waals surface area contributed by atoms with E-state index in [1.807, 2.05) is 6.07 Å². The lowest BCUT2D eigenvalue weighted by Crippen LogP contribution is -2.44. The Labute approximate surface area is 144 Å². The van der Waals surface area contributed by atoms with Crippen LogP contribution in [0.5, 0.6) is 0 Å². The monoisotopic (exact) mass is 337 g/mol. The molecule has 0 amide bonds. The van der Waals surface area contributed by atoms with Gasteiger partial charge in [0.2, 0.25) is 0 Å². The van der Waals surface area contributed by atoms with E-state index in [2.05, 4.69) is 63.3 Å². The van der Waals surface area contributed by atoms with E-state index in [0.717, 1.165) is 6.42 Å². The number of allylic oxidation sites excluding steroid dienone is 3. The van der Waals surface area contributed by atoms with Gasteiger partial charge in [0.25, 0.3) is 0 Å². The van der Waals surface area contributed by atoms with Crippen molar-refractivity contribution in [1.82, 2.24) is 0 Å². The second kappa shape index (κ2) is 6.78. The molecule has 0 heterocycles. The van der Waals surface area contributed by atoms with Crippen LogP contribution in [0, 0.1) is 5.41 Å². The molecule has 0 bridgehead atoms. The van der Waals surface area contributed by atoms with Crippen LogP contribution in [0.25, 0.3) is 0 Å². The standard InChI is InChI=1S/C19H25Cl2N/c1-18(2,3)17(15-7-5-4-6-8-15)19(21)11-9-14(10-12-22)13-16(19)20/h4-9,11,13,16-17H,10,12,22H2,1-3H3. The minimum absolute atomic E-state index is 0.0141. The Morgan fingerprint density at radius 3 is 2.36 bits per heavy atom. The maximum Gasteiger partial charge on any atom is 0.0900 e. The second-order valence-electron chi connectivity index (χ2n) is 7.05. The smallest absolute Gasteiger partial charge is 0.0900 e. The first-order valence-electron chi connectivity index (χ1n) is 7.77. The molecule has 22 heavy (non-hydrogen) atoms. The number of benzene rings is 1. The zero-order chi connectivity index (χ0) is 16.4. The van der Waals surface area contributed by atoms with Crippen LogP contribution in [0.3, 0.4) is 0 Å². The van der Waals surface area contributed by atoms with Gasteiger partial charge in [-0.15, -0.1) is 23.2 Å². The van der Waals surface area contributed by atoms with Crippen LogP contribution in [-0.2, 0) is 0 Å². The normalized spacial score (nSPS) is 26.6. The number of nitrogens with two attached hydrogens (primary N) is 1. The van der Waals surface area contributed by atoms with Gasteiger partial charge in [-0.05, 0) is 29.5 Å². The van der Waals surface area contributed by atoms with Crippen LogP contribution >= 0.6 is 23.2 Å². The third-order valence-corrected chi connectivity index (χ3v) is 5.39. The van der Waals surface area contributed by atoms with Crippen LogP contribution in [-0.4, -0.2) is 16.8 Å². The molecule has 3 atom stereocenters. The van der Waals surface area contributed by atoms with Crippen LogP contribution in [0.1, 0.15) is 38.7 Å². The maximum atomic E-state index is 7.08. The molecule has 1 aliphatic rings. The van der Waals surface area contributed by atoms with Gasteiger partial charge in [-0.25, -0.2) is 0 Å². The SMILES string of the molecule is CC(C)(C)C(c1ccccc1)C1(Cl)C=CC(CCN)=CC1Cl. The van der Waals surface area contributed by atoms with Crippen molar-refractivity contribution in [1.29, 1.82) is 0 Å². The van der Waals surface area contributed by atoms with Crippen molar-refractivity contribution in [3.63, 3.8) is 0 Å². The highest BCUT2D eigenvalue weighted by Crippen LogP contribution is 2.51. The number of halogens is 2. The second-order valence-corrected chi connectivity index (χ2v) is 8.18. The van der Waals surface area contributed by atoms with Crippen molar-refractivity contribution in [2.75, 3.05) is 6.54 Å². The molecule has 0 saturated heterocycles. The van der Waals surface area contributed by atoms with E-state index in [4.69, 9.17) is 28.9 Å². The Kier molecular flexibility index (Phi) is 5.42. The van der Waals surface area contributed by atoms with E-state index in [1.165, 1.54) is 11.1 Å². The molecule has 1 nitrogen and oxygen atoms in total. The number of hydrogen-bond donors (Lipinski definition) is 1. The highest BCUT2D eigenvalue weighted by atomic mass is 35.5. The van der Waals surface area contributed by atoms with E-state index < -0.39 is 4.87 Å². The van der Waals surface area contributed by atoms with E-state index in [-0.39, 0.29) is 16.7 Å². The Hall–Kier alpha value is -0.760. The Balaban J connectivity index is 2.43. The molecule has 1 aliphatic carbocycles. The molecule has 0 aliphatic heterocycles. The first kappa shape index (κ1) is 17.6. The average Bonchev–Trinajstić information content (AvgIpc) is 2.43. The Bertz CT molecular complexity index is 557. The van der Waals surface area contributed by atoms with Crippen molar-refractivity contribution >= 4 is 23.2 Å². The van der Waals surface area contributed by atoms with E-state index in [0.29, 0.717) is 6.54 Å². The first-order chi connectivity index (χ1) is 10.3. The fourth-order valence-electron chi connectivity index (χ4n) is 3.35. The summed E-state index contributed by atoms with van der Waals surface area (Å²) in [7, 11) is 0. The van der Waals surface area contributed by atoms with Gasteiger partial charge in [0.05, 0.1) is 10.3 Å². The third kappa shape index (κ3) is 3.59. The lowest BCUT2D eigenvalue weighted by molar-refractivity contribution is 0.280. The fourth-order valence-corrected chi connectivity index (χ4v) is 4.29. The van der Waals surface area contributed by atoms with Crippen LogP contribution in [0.2, 0.25) is 0 Å². The van der Waals surface area contributed by atoms with Crippen LogP contribution in [0.4, 0.5) is 0 Å². The molecule has 2 N–H and O–H groups in total. The van der Waals surface area contributed by atoms with E-state index in [9.17, 15) is 0 Å². The van der Waals surface area contributed by atoms with Gasteiger partial charge in [0.1, 0.15) is 0 Å². The van der Waals surface area contributed by atoms with Gasteiger partial charge in [-0.1, -0.05) is 69.3 Å². The average molecular weight is 338 g/mol. The van der Waals surface area contributed by atoms with Gasteiger partial charge in [-0.2, -0.15) is 0 Å². The molecule has 0 saturated carbocycles. The summed E-state index contributed by atoms with van der Waals surface area (Å²) in [5.74, 6) is 0.109. The zero-order valence-electron chi connectivity index (χ0n) is 13.5. The molecule has 2 rings (SSSR count). The molecule has 3 heteroatoms. The summed E-state index contributed by atoms with van der Waals surface area (Å²) < 4.78 is 0. The minimum atomic E-state index is -0.640. The van der Waals surface area contributed by atoms with Crippen LogP contribution in [0.15, 0.2) is 54.1 Å². The first-order valence-corrected chi connectivity index (χ1v) is 8.58. The summed E-state index contributed by atoms with van der Waals surface area (Å²) in [5.41, 5.74) is 8.01. The Morgan fingerprint density at radius 2 is 1.86 bits per heavy atom. The molecule has 0 aromatic heterocycles. The molecular formula is C19H25Cl2N. The van der Waals surface area contributed by atoms with Gasteiger partial charge in [0, 0.05) is 5.92 Å². The summed E-state index contributed by atoms with van der Waals surface area (Å²) in [6.45, 7) is 7.26. The van der Waals surface area contributed by atoms with Gasteiger partial charge >= 0.3 is 0 Å². The van der Waals surface area contributed by atoms with Crippen molar-refractivity contribution in [2.24, 2.45) is 11.1 Å². The van der Waals surface area contributed by atoms with Gasteiger partial charge < -0.3 is 5.73 Å². The molecule has 1 aromatic rings. The van der Waals surface area contributed by atoms with Crippen molar-refractivity contribution in [3.05, 3.63) is 59.7 Å². The topological polar surface area (TPSA) is 26.0 Å². The molecule has 0 fully saturated rings. The lowest BCUT2D eigenvalue weighted by Gasteiger charge is -2.45. The lowest BCUT2D eigenvalue weighted by atomic mass is 9.66. The molecular weight excluding hydrogens is 313 g/mol. The van der Waals surface area contributed by atoms with E-state index >= 15 is 0 Å². The number of alkyl halides is 2. The summed E-state index contributed by atoms with van der Waals surface area (Å²) >= 11 is 13.8. The van der Waals surface area contributed by atoms with E-state index in [1.54, 1.807) is 0 Å².